The van der Waals surface area contributed by atoms with E-state index >= 15 is 0 Å². The molecule has 3 rings (SSSR count). The first-order chi connectivity index (χ1) is 15.5. The van der Waals surface area contributed by atoms with Crippen molar-refractivity contribution in [2.24, 2.45) is 11.1 Å². The first kappa shape index (κ1) is 24.2. The third-order valence-corrected chi connectivity index (χ3v) is 6.80. The molecule has 1 saturated heterocycles. The first-order valence-corrected chi connectivity index (χ1v) is 11.9. The third kappa shape index (κ3) is 6.55. The number of likely N-dealkylation sites (N-methyl/N-ethyl adjacent to an activating group) is 1. The van der Waals surface area contributed by atoms with Crippen LogP contribution in [0.4, 0.5) is 0 Å². The van der Waals surface area contributed by atoms with Crippen LogP contribution in [0.15, 0.2) is 35.5 Å². The van der Waals surface area contributed by atoms with Gasteiger partial charge in [-0.3, -0.25) is 14.5 Å². The number of benzene rings is 1. The Labute approximate surface area is 192 Å². The van der Waals surface area contributed by atoms with E-state index < -0.39 is 6.04 Å². The largest absolute Gasteiger partial charge is 0.391 e. The lowest BCUT2D eigenvalue weighted by molar-refractivity contribution is -0.139. The Morgan fingerprint density at radius 1 is 1.16 bits per heavy atom. The number of nitrogens with one attached hydrogen (secondary N) is 1. The highest BCUT2D eigenvalue weighted by atomic mass is 16.6. The Bertz CT molecular complexity index is 762. The summed E-state index contributed by atoms with van der Waals surface area (Å²) in [6, 6.07) is 9.05. The van der Waals surface area contributed by atoms with Gasteiger partial charge in [0.15, 0.2) is 0 Å². The monoisotopic (exact) mass is 442 g/mol. The second-order valence-electron chi connectivity index (χ2n) is 9.28. The number of carbonyl (C=O) groups is 2. The smallest absolute Gasteiger partial charge is 0.245 e. The predicted octanol–water partition coefficient (Wildman–Crippen LogP) is 3.20. The molecule has 0 spiro atoms. The van der Waals surface area contributed by atoms with Gasteiger partial charge in [-0.2, -0.15) is 0 Å². The molecular weight excluding hydrogens is 404 g/mol. The minimum absolute atomic E-state index is 0.0215. The normalized spacial score (nSPS) is 21.6. The molecule has 2 fully saturated rings. The van der Waals surface area contributed by atoms with Gasteiger partial charge in [0.2, 0.25) is 11.8 Å². The molecule has 2 amide bonds. The van der Waals surface area contributed by atoms with Crippen LogP contribution in [0, 0.1) is 5.92 Å². The van der Waals surface area contributed by atoms with Gasteiger partial charge in [0.05, 0.1) is 18.3 Å². The fraction of sp³-hybridized carbons (Fsp3) is 0.640. The quantitative estimate of drug-likeness (QED) is 0.471. The third-order valence-electron chi connectivity index (χ3n) is 6.80. The average Bonchev–Trinajstić information content (AvgIpc) is 3.29. The van der Waals surface area contributed by atoms with Gasteiger partial charge in [0.25, 0.3) is 0 Å². The highest BCUT2D eigenvalue weighted by Crippen LogP contribution is 2.29. The van der Waals surface area contributed by atoms with E-state index in [2.05, 4.69) is 10.5 Å². The van der Waals surface area contributed by atoms with Crippen molar-refractivity contribution in [2.45, 2.75) is 76.6 Å². The van der Waals surface area contributed by atoms with E-state index in [-0.39, 0.29) is 29.8 Å². The van der Waals surface area contributed by atoms with Crippen LogP contribution in [0.25, 0.3) is 0 Å². The number of oxime groups is 1. The number of nitrogens with zero attached hydrogens (tertiary/aromatic N) is 3. The molecule has 32 heavy (non-hydrogen) atoms. The fourth-order valence-corrected chi connectivity index (χ4v) is 4.56. The number of rotatable bonds is 9. The van der Waals surface area contributed by atoms with E-state index in [1.807, 2.05) is 61.2 Å². The molecule has 1 aromatic rings. The molecular formula is C25H38N4O3. The van der Waals surface area contributed by atoms with E-state index in [1.54, 1.807) is 6.21 Å². The van der Waals surface area contributed by atoms with Crippen molar-refractivity contribution in [3.05, 3.63) is 35.9 Å². The summed E-state index contributed by atoms with van der Waals surface area (Å²) in [5, 5.41) is 7.26. The maximum absolute atomic E-state index is 13.6. The fourth-order valence-electron chi connectivity index (χ4n) is 4.56. The van der Waals surface area contributed by atoms with Crippen LogP contribution in [0.1, 0.15) is 57.4 Å². The lowest BCUT2D eigenvalue weighted by atomic mass is 9.83. The number of hydrogen-bond acceptors (Lipinski definition) is 5. The summed E-state index contributed by atoms with van der Waals surface area (Å²) in [4.78, 5) is 35.7. The van der Waals surface area contributed by atoms with Crippen molar-refractivity contribution >= 4 is 18.0 Å². The standard InChI is InChI=1S/C25H38N4O3/c1-19(28(2)3)24(30)27-23(21-13-8-5-9-14-21)25(31)29-16-10-15-22(29)17-26-32-18-20-11-6-4-7-12-20/h4,6-7,11-12,17,19,21-23H,5,8-10,13-16,18H2,1-3H3,(H,27,30)/b26-17+/t19-,22?,23-/m0/s1. The molecule has 1 N–H and O–H groups in total. The van der Waals surface area contributed by atoms with Crippen LogP contribution >= 0.6 is 0 Å². The van der Waals surface area contributed by atoms with Crippen molar-refractivity contribution < 1.29 is 14.4 Å². The lowest BCUT2D eigenvalue weighted by Gasteiger charge is -2.35. The van der Waals surface area contributed by atoms with Gasteiger partial charge in [0, 0.05) is 6.54 Å². The SMILES string of the molecule is C[C@@H](C(=O)N[C@H](C(=O)N1CCCC1/C=N/OCc1ccccc1)C1CCCCC1)N(C)C. The Morgan fingerprint density at radius 3 is 2.56 bits per heavy atom. The summed E-state index contributed by atoms with van der Waals surface area (Å²) < 4.78 is 0. The molecule has 0 aromatic heterocycles. The number of carbonyl (C=O) groups excluding carboxylic acids is 2. The highest BCUT2D eigenvalue weighted by molar-refractivity contribution is 5.91. The Kier molecular flexibility index (Phi) is 9.09. The van der Waals surface area contributed by atoms with Crippen LogP contribution < -0.4 is 5.32 Å². The zero-order valence-corrected chi connectivity index (χ0v) is 19.7. The predicted molar refractivity (Wildman–Crippen MR) is 126 cm³/mol. The number of hydrogen-bond donors (Lipinski definition) is 1. The van der Waals surface area contributed by atoms with E-state index in [0.29, 0.717) is 13.2 Å². The number of amides is 2. The van der Waals surface area contributed by atoms with Crippen molar-refractivity contribution in [3.63, 3.8) is 0 Å². The van der Waals surface area contributed by atoms with Gasteiger partial charge in [-0.15, -0.1) is 0 Å². The summed E-state index contributed by atoms with van der Waals surface area (Å²) in [7, 11) is 3.76. The van der Waals surface area contributed by atoms with E-state index in [1.165, 1.54) is 6.42 Å². The maximum atomic E-state index is 13.6. The number of likely N-dealkylation sites (tertiary alicyclic amines) is 1. The van der Waals surface area contributed by atoms with Gasteiger partial charge in [0.1, 0.15) is 12.6 Å². The molecule has 0 radical (unpaired) electrons. The summed E-state index contributed by atoms with van der Waals surface area (Å²) in [5.74, 6) is 0.129. The highest BCUT2D eigenvalue weighted by Gasteiger charge is 2.38. The Balaban J connectivity index is 1.65. The van der Waals surface area contributed by atoms with Crippen LogP contribution in [0.3, 0.4) is 0 Å². The van der Waals surface area contributed by atoms with Crippen molar-refractivity contribution in [2.75, 3.05) is 20.6 Å². The molecule has 2 aliphatic rings. The van der Waals surface area contributed by atoms with E-state index in [0.717, 1.165) is 44.1 Å². The summed E-state index contributed by atoms with van der Waals surface area (Å²) >= 11 is 0. The molecule has 176 valence electrons. The van der Waals surface area contributed by atoms with Crippen molar-refractivity contribution in [1.29, 1.82) is 0 Å². The van der Waals surface area contributed by atoms with Crippen LogP contribution in [0.2, 0.25) is 0 Å². The van der Waals surface area contributed by atoms with Crippen LogP contribution in [0.5, 0.6) is 0 Å². The molecule has 3 atom stereocenters. The average molecular weight is 443 g/mol. The summed E-state index contributed by atoms with van der Waals surface area (Å²) in [5.41, 5.74) is 1.05. The van der Waals surface area contributed by atoms with Crippen molar-refractivity contribution in [3.8, 4) is 0 Å². The minimum Gasteiger partial charge on any atom is -0.391 e. The molecule has 1 aromatic carbocycles. The Hall–Kier alpha value is -2.41. The van der Waals surface area contributed by atoms with E-state index in [9.17, 15) is 9.59 Å². The molecule has 7 nitrogen and oxygen atoms in total. The Morgan fingerprint density at radius 2 is 1.88 bits per heavy atom. The molecule has 0 bridgehead atoms. The molecule has 1 aliphatic heterocycles. The second-order valence-corrected chi connectivity index (χ2v) is 9.28. The zero-order chi connectivity index (χ0) is 22.9. The van der Waals surface area contributed by atoms with Gasteiger partial charge in [-0.25, -0.2) is 0 Å². The minimum atomic E-state index is -0.468. The second kappa shape index (κ2) is 12.0. The zero-order valence-electron chi connectivity index (χ0n) is 19.7. The molecule has 1 aliphatic carbocycles. The van der Waals surface area contributed by atoms with Crippen molar-refractivity contribution in [1.82, 2.24) is 15.1 Å². The van der Waals surface area contributed by atoms with Gasteiger partial charge in [-0.05, 0) is 58.2 Å². The van der Waals surface area contributed by atoms with Crippen LogP contribution in [-0.2, 0) is 21.0 Å². The lowest BCUT2D eigenvalue weighted by Crippen LogP contribution is -2.56. The summed E-state index contributed by atoms with van der Waals surface area (Å²) in [6.07, 6.45) is 8.95. The first-order valence-electron chi connectivity index (χ1n) is 11.9. The van der Waals surface area contributed by atoms with Gasteiger partial charge < -0.3 is 15.1 Å². The maximum Gasteiger partial charge on any atom is 0.245 e. The topological polar surface area (TPSA) is 74.2 Å². The van der Waals surface area contributed by atoms with Crippen LogP contribution in [-0.4, -0.2) is 66.6 Å². The van der Waals surface area contributed by atoms with E-state index in [4.69, 9.17) is 4.84 Å². The van der Waals surface area contributed by atoms with Gasteiger partial charge >= 0.3 is 0 Å². The molecule has 1 saturated carbocycles. The molecule has 1 unspecified atom stereocenters. The molecule has 7 heteroatoms. The molecule has 1 heterocycles. The van der Waals surface area contributed by atoms with Gasteiger partial charge in [-0.1, -0.05) is 54.8 Å². The summed E-state index contributed by atoms with van der Waals surface area (Å²) in [6.45, 7) is 2.96.